The van der Waals surface area contributed by atoms with Gasteiger partial charge in [0.2, 0.25) is 0 Å². The van der Waals surface area contributed by atoms with Crippen LogP contribution in [0.1, 0.15) is 39.0 Å². The predicted molar refractivity (Wildman–Crippen MR) is 76.8 cm³/mol. The first-order valence-corrected chi connectivity index (χ1v) is 7.53. The molecule has 0 radical (unpaired) electrons. The molecular formula is C14H28N4. The van der Waals surface area contributed by atoms with Crippen molar-refractivity contribution in [2.24, 2.45) is 16.6 Å². The number of hydrogen-bond donors (Lipinski definition) is 1. The number of nitrogens with zero attached hydrogens (tertiary/aromatic N) is 3. The van der Waals surface area contributed by atoms with Crippen molar-refractivity contribution in [3.8, 4) is 0 Å². The summed E-state index contributed by atoms with van der Waals surface area (Å²) in [6.45, 7) is 8.93. The highest BCUT2D eigenvalue weighted by atomic mass is 15.3. The fourth-order valence-electron chi connectivity index (χ4n) is 3.02. The number of guanidine groups is 1. The summed E-state index contributed by atoms with van der Waals surface area (Å²) in [4.78, 5) is 9.31. The lowest BCUT2D eigenvalue weighted by molar-refractivity contribution is 0.188. The molecule has 0 amide bonds. The minimum atomic E-state index is 0.764. The highest BCUT2D eigenvalue weighted by Gasteiger charge is 2.16. The second-order valence-electron chi connectivity index (χ2n) is 5.84. The zero-order chi connectivity index (χ0) is 12.8. The van der Waals surface area contributed by atoms with Crippen molar-refractivity contribution in [2.45, 2.75) is 39.0 Å². The van der Waals surface area contributed by atoms with E-state index in [-0.39, 0.29) is 0 Å². The van der Waals surface area contributed by atoms with Crippen molar-refractivity contribution in [1.29, 1.82) is 0 Å². The van der Waals surface area contributed by atoms with E-state index < -0.39 is 0 Å². The van der Waals surface area contributed by atoms with Gasteiger partial charge in [-0.3, -0.25) is 4.99 Å². The van der Waals surface area contributed by atoms with E-state index in [0.29, 0.717) is 0 Å². The smallest absolute Gasteiger partial charge is 0.191 e. The maximum absolute atomic E-state index is 6.05. The Labute approximate surface area is 111 Å². The fourth-order valence-corrected chi connectivity index (χ4v) is 3.02. The highest BCUT2D eigenvalue weighted by Crippen LogP contribution is 2.14. The van der Waals surface area contributed by atoms with E-state index in [2.05, 4.69) is 21.7 Å². The third-order valence-corrected chi connectivity index (χ3v) is 4.11. The lowest BCUT2D eigenvalue weighted by atomic mass is 10.0. The Balaban J connectivity index is 1.69. The molecule has 0 spiro atoms. The van der Waals surface area contributed by atoms with Crippen molar-refractivity contribution < 1.29 is 0 Å². The van der Waals surface area contributed by atoms with Gasteiger partial charge in [-0.1, -0.05) is 6.92 Å². The Kier molecular flexibility index (Phi) is 5.29. The molecule has 1 unspecified atom stereocenters. The summed E-state index contributed by atoms with van der Waals surface area (Å²) in [5.74, 6) is 1.61. The molecule has 18 heavy (non-hydrogen) atoms. The van der Waals surface area contributed by atoms with Gasteiger partial charge in [0, 0.05) is 26.2 Å². The lowest BCUT2D eigenvalue weighted by Crippen LogP contribution is -2.41. The van der Waals surface area contributed by atoms with E-state index in [9.17, 15) is 0 Å². The van der Waals surface area contributed by atoms with Gasteiger partial charge in [0.05, 0.1) is 6.54 Å². The molecule has 2 aliphatic rings. The summed E-state index contributed by atoms with van der Waals surface area (Å²) in [5, 5.41) is 0. The molecule has 0 aliphatic carbocycles. The first-order valence-electron chi connectivity index (χ1n) is 7.53. The summed E-state index contributed by atoms with van der Waals surface area (Å²) in [6.07, 6.45) is 6.59. The normalized spacial score (nSPS) is 27.5. The van der Waals surface area contributed by atoms with Crippen LogP contribution in [0.4, 0.5) is 0 Å². The molecule has 0 bridgehead atoms. The quantitative estimate of drug-likeness (QED) is 0.612. The molecule has 0 aromatic heterocycles. The SMILES string of the molecule is CC1CCCN(CCN=C(N)N2CCCCC2)C1. The Morgan fingerprint density at radius 1 is 1.17 bits per heavy atom. The van der Waals surface area contributed by atoms with E-state index >= 15 is 0 Å². The van der Waals surface area contributed by atoms with Crippen molar-refractivity contribution >= 4 is 5.96 Å². The van der Waals surface area contributed by atoms with E-state index in [4.69, 9.17) is 5.73 Å². The van der Waals surface area contributed by atoms with E-state index in [0.717, 1.165) is 38.1 Å². The summed E-state index contributed by atoms with van der Waals surface area (Å²) in [6, 6.07) is 0. The summed E-state index contributed by atoms with van der Waals surface area (Å²) in [5.41, 5.74) is 6.05. The molecule has 0 aromatic rings. The van der Waals surface area contributed by atoms with Crippen molar-refractivity contribution in [3.05, 3.63) is 0 Å². The molecule has 1 atom stereocenters. The minimum absolute atomic E-state index is 0.764. The molecule has 2 rings (SSSR count). The third kappa shape index (κ3) is 4.16. The van der Waals surface area contributed by atoms with Gasteiger partial charge in [-0.05, 0) is 44.6 Å². The van der Waals surface area contributed by atoms with Gasteiger partial charge in [-0.2, -0.15) is 0 Å². The molecule has 0 aromatic carbocycles. The van der Waals surface area contributed by atoms with Gasteiger partial charge in [0.1, 0.15) is 0 Å². The Hall–Kier alpha value is -0.770. The van der Waals surface area contributed by atoms with Gasteiger partial charge in [-0.25, -0.2) is 0 Å². The Morgan fingerprint density at radius 2 is 1.94 bits per heavy atom. The molecule has 4 nitrogen and oxygen atoms in total. The van der Waals surface area contributed by atoms with Gasteiger partial charge >= 0.3 is 0 Å². The van der Waals surface area contributed by atoms with E-state index in [1.54, 1.807) is 0 Å². The average molecular weight is 252 g/mol. The third-order valence-electron chi connectivity index (χ3n) is 4.11. The van der Waals surface area contributed by atoms with Gasteiger partial charge in [0.25, 0.3) is 0 Å². The summed E-state index contributed by atoms with van der Waals surface area (Å²) in [7, 11) is 0. The van der Waals surface area contributed by atoms with Crippen LogP contribution < -0.4 is 5.73 Å². The van der Waals surface area contributed by atoms with Crippen molar-refractivity contribution in [3.63, 3.8) is 0 Å². The van der Waals surface area contributed by atoms with Crippen molar-refractivity contribution in [1.82, 2.24) is 9.80 Å². The maximum Gasteiger partial charge on any atom is 0.191 e. The number of hydrogen-bond acceptors (Lipinski definition) is 2. The number of likely N-dealkylation sites (tertiary alicyclic amines) is 2. The standard InChI is InChI=1S/C14H28N4/c1-13-6-5-8-17(12-13)11-7-16-14(15)18-9-3-2-4-10-18/h13H,2-12H2,1H3,(H2,15,16). The summed E-state index contributed by atoms with van der Waals surface area (Å²) >= 11 is 0. The van der Waals surface area contributed by atoms with E-state index in [1.165, 1.54) is 45.2 Å². The van der Waals surface area contributed by atoms with Crippen LogP contribution in [-0.2, 0) is 0 Å². The van der Waals surface area contributed by atoms with Gasteiger partial charge in [-0.15, -0.1) is 0 Å². The number of aliphatic imine (C=N–C) groups is 1. The average Bonchev–Trinajstić information content (AvgIpc) is 2.40. The molecule has 4 heteroatoms. The zero-order valence-corrected chi connectivity index (χ0v) is 11.8. The summed E-state index contributed by atoms with van der Waals surface area (Å²) < 4.78 is 0. The predicted octanol–water partition coefficient (Wildman–Crippen LogP) is 1.52. The van der Waals surface area contributed by atoms with Crippen LogP contribution in [0.2, 0.25) is 0 Å². The first kappa shape index (κ1) is 13.7. The number of nitrogens with two attached hydrogens (primary N) is 1. The van der Waals surface area contributed by atoms with Crippen LogP contribution in [0.25, 0.3) is 0 Å². The molecule has 2 N–H and O–H groups in total. The fraction of sp³-hybridized carbons (Fsp3) is 0.929. The van der Waals surface area contributed by atoms with Crippen LogP contribution in [0.15, 0.2) is 4.99 Å². The lowest BCUT2D eigenvalue weighted by Gasteiger charge is -2.30. The van der Waals surface area contributed by atoms with Crippen LogP contribution in [0.5, 0.6) is 0 Å². The van der Waals surface area contributed by atoms with Crippen LogP contribution >= 0.6 is 0 Å². The zero-order valence-electron chi connectivity index (χ0n) is 11.8. The monoisotopic (exact) mass is 252 g/mol. The molecule has 2 fully saturated rings. The van der Waals surface area contributed by atoms with E-state index in [1.807, 2.05) is 0 Å². The largest absolute Gasteiger partial charge is 0.370 e. The topological polar surface area (TPSA) is 44.9 Å². The molecule has 2 saturated heterocycles. The molecule has 0 saturated carbocycles. The number of piperidine rings is 2. The van der Waals surface area contributed by atoms with Crippen LogP contribution in [0, 0.1) is 5.92 Å². The maximum atomic E-state index is 6.05. The Bertz CT molecular complexity index is 271. The van der Waals surface area contributed by atoms with Crippen LogP contribution in [-0.4, -0.2) is 55.0 Å². The molecule has 2 aliphatic heterocycles. The van der Waals surface area contributed by atoms with Gasteiger partial charge < -0.3 is 15.5 Å². The molecule has 104 valence electrons. The highest BCUT2D eigenvalue weighted by molar-refractivity contribution is 5.78. The molecular weight excluding hydrogens is 224 g/mol. The number of rotatable bonds is 3. The van der Waals surface area contributed by atoms with Gasteiger partial charge in [0.15, 0.2) is 5.96 Å². The van der Waals surface area contributed by atoms with Crippen LogP contribution in [0.3, 0.4) is 0 Å². The Morgan fingerprint density at radius 3 is 2.67 bits per heavy atom. The minimum Gasteiger partial charge on any atom is -0.370 e. The molecule has 2 heterocycles. The first-order chi connectivity index (χ1) is 8.75. The second-order valence-corrected chi connectivity index (χ2v) is 5.84. The second kappa shape index (κ2) is 6.98. The van der Waals surface area contributed by atoms with Crippen molar-refractivity contribution in [2.75, 3.05) is 39.3 Å².